The Morgan fingerprint density at radius 2 is 2.17 bits per heavy atom. The number of aryl methyl sites for hydroxylation is 1. The number of benzene rings is 1. The molecule has 0 spiro atoms. The van der Waals surface area contributed by atoms with Gasteiger partial charge in [0.2, 0.25) is 11.8 Å². The lowest BCUT2D eigenvalue weighted by molar-refractivity contribution is -0.131. The minimum atomic E-state index is -0.563. The van der Waals surface area contributed by atoms with E-state index >= 15 is 0 Å². The molecule has 4 nitrogen and oxygen atoms in total. The van der Waals surface area contributed by atoms with Crippen molar-refractivity contribution >= 4 is 17.5 Å². The quantitative estimate of drug-likeness (QED) is 0.862. The molecule has 1 saturated heterocycles. The van der Waals surface area contributed by atoms with Gasteiger partial charge in [0.05, 0.1) is 12.2 Å². The van der Waals surface area contributed by atoms with Crippen LogP contribution in [0.4, 0.5) is 10.1 Å². The molecule has 1 aromatic rings. The number of nitrogens with one attached hydrogen (secondary N) is 1. The van der Waals surface area contributed by atoms with Gasteiger partial charge in [0.15, 0.2) is 0 Å². The van der Waals surface area contributed by atoms with Gasteiger partial charge >= 0.3 is 0 Å². The Labute approximate surface area is 105 Å². The predicted molar refractivity (Wildman–Crippen MR) is 65.7 cm³/mol. The Balaban J connectivity index is 2.47. The molecule has 18 heavy (non-hydrogen) atoms. The van der Waals surface area contributed by atoms with Crippen molar-refractivity contribution in [2.24, 2.45) is 0 Å². The lowest BCUT2D eigenvalue weighted by Crippen LogP contribution is -2.58. The van der Waals surface area contributed by atoms with Crippen LogP contribution < -0.4 is 10.2 Å². The van der Waals surface area contributed by atoms with Gasteiger partial charge in [-0.2, -0.15) is 0 Å². The topological polar surface area (TPSA) is 49.4 Å². The molecule has 1 heterocycles. The van der Waals surface area contributed by atoms with Crippen molar-refractivity contribution in [2.75, 3.05) is 11.4 Å². The van der Waals surface area contributed by atoms with E-state index in [1.165, 1.54) is 17.0 Å². The molecule has 1 aromatic carbocycles. The third-order valence-corrected chi connectivity index (χ3v) is 3.11. The second-order valence-corrected chi connectivity index (χ2v) is 4.34. The van der Waals surface area contributed by atoms with Gasteiger partial charge in [-0.1, -0.05) is 13.0 Å². The van der Waals surface area contributed by atoms with Crippen molar-refractivity contribution in [1.82, 2.24) is 5.32 Å². The van der Waals surface area contributed by atoms with E-state index in [4.69, 9.17) is 0 Å². The van der Waals surface area contributed by atoms with Crippen LogP contribution in [0, 0.1) is 12.7 Å². The van der Waals surface area contributed by atoms with Gasteiger partial charge in [-0.3, -0.25) is 14.5 Å². The normalized spacial score (nSPS) is 19.9. The molecule has 0 aliphatic carbocycles. The summed E-state index contributed by atoms with van der Waals surface area (Å²) in [6, 6.07) is 3.69. The summed E-state index contributed by atoms with van der Waals surface area (Å²) >= 11 is 0. The zero-order valence-electron chi connectivity index (χ0n) is 10.4. The van der Waals surface area contributed by atoms with Crippen molar-refractivity contribution in [1.29, 1.82) is 0 Å². The molecule has 5 heteroatoms. The molecule has 1 aliphatic heterocycles. The van der Waals surface area contributed by atoms with E-state index < -0.39 is 11.9 Å². The molecule has 0 saturated carbocycles. The van der Waals surface area contributed by atoms with Crippen LogP contribution in [-0.4, -0.2) is 24.4 Å². The summed E-state index contributed by atoms with van der Waals surface area (Å²) in [5.41, 5.74) is 1.25. The van der Waals surface area contributed by atoms with Crippen LogP contribution in [0.25, 0.3) is 0 Å². The second-order valence-electron chi connectivity index (χ2n) is 4.34. The molecule has 1 atom stereocenters. The van der Waals surface area contributed by atoms with Crippen LogP contribution in [-0.2, 0) is 9.59 Å². The number of halogens is 1. The molecule has 1 aliphatic rings. The van der Waals surface area contributed by atoms with Crippen LogP contribution >= 0.6 is 0 Å². The van der Waals surface area contributed by atoms with Gasteiger partial charge in [0.25, 0.3) is 0 Å². The third kappa shape index (κ3) is 2.08. The largest absolute Gasteiger partial charge is 0.345 e. The van der Waals surface area contributed by atoms with Crippen LogP contribution in [0.1, 0.15) is 18.9 Å². The standard InChI is InChI=1S/C13H15FN2O2/c1-3-10-13(18)15-7-12(17)16(10)11-6-9(14)5-4-8(11)2/h4-6,10H,3,7H2,1-2H3,(H,15,18). The summed E-state index contributed by atoms with van der Waals surface area (Å²) in [5.74, 6) is -0.819. The molecule has 0 radical (unpaired) electrons. The van der Waals surface area contributed by atoms with Crippen molar-refractivity contribution in [2.45, 2.75) is 26.3 Å². The SMILES string of the molecule is CCC1C(=O)NCC(=O)N1c1cc(F)ccc1C. The summed E-state index contributed by atoms with van der Waals surface area (Å²) in [5, 5.41) is 2.54. The van der Waals surface area contributed by atoms with E-state index in [0.717, 1.165) is 5.56 Å². The van der Waals surface area contributed by atoms with Crippen molar-refractivity contribution in [3.05, 3.63) is 29.6 Å². The summed E-state index contributed by atoms with van der Waals surface area (Å²) in [6.45, 7) is 3.58. The highest BCUT2D eigenvalue weighted by atomic mass is 19.1. The Bertz CT molecular complexity index is 502. The van der Waals surface area contributed by atoms with Gasteiger partial charge in [-0.05, 0) is 31.0 Å². The van der Waals surface area contributed by atoms with Crippen LogP contribution in [0.3, 0.4) is 0 Å². The van der Waals surface area contributed by atoms with E-state index in [1.807, 2.05) is 6.92 Å². The van der Waals surface area contributed by atoms with Crippen molar-refractivity contribution in [3.63, 3.8) is 0 Å². The number of anilines is 1. The predicted octanol–water partition coefficient (Wildman–Crippen LogP) is 1.38. The maximum Gasteiger partial charge on any atom is 0.247 e. The average Bonchev–Trinajstić information content (AvgIpc) is 2.35. The first kappa shape index (κ1) is 12.5. The number of piperazine rings is 1. The summed E-state index contributed by atoms with van der Waals surface area (Å²) in [4.78, 5) is 25.1. The van der Waals surface area contributed by atoms with E-state index in [-0.39, 0.29) is 18.4 Å². The lowest BCUT2D eigenvalue weighted by Gasteiger charge is -2.35. The Morgan fingerprint density at radius 1 is 1.44 bits per heavy atom. The van der Waals surface area contributed by atoms with Gasteiger partial charge in [0, 0.05) is 0 Å². The smallest absolute Gasteiger partial charge is 0.247 e. The molecule has 1 fully saturated rings. The molecule has 1 unspecified atom stereocenters. The minimum Gasteiger partial charge on any atom is -0.345 e. The first-order valence-electron chi connectivity index (χ1n) is 5.90. The highest BCUT2D eigenvalue weighted by Crippen LogP contribution is 2.26. The zero-order chi connectivity index (χ0) is 13.3. The zero-order valence-corrected chi connectivity index (χ0v) is 10.4. The van der Waals surface area contributed by atoms with Crippen LogP contribution in [0.2, 0.25) is 0 Å². The fourth-order valence-electron chi connectivity index (χ4n) is 2.17. The Morgan fingerprint density at radius 3 is 2.83 bits per heavy atom. The number of hydrogen-bond acceptors (Lipinski definition) is 2. The van der Waals surface area contributed by atoms with Crippen LogP contribution in [0.15, 0.2) is 18.2 Å². The first-order chi connectivity index (χ1) is 8.54. The number of rotatable bonds is 2. The van der Waals surface area contributed by atoms with Crippen molar-refractivity contribution < 1.29 is 14.0 Å². The Kier molecular flexibility index (Phi) is 3.32. The second kappa shape index (κ2) is 4.76. The molecule has 0 aromatic heterocycles. The first-order valence-corrected chi connectivity index (χ1v) is 5.90. The van der Waals surface area contributed by atoms with E-state index in [1.54, 1.807) is 13.0 Å². The van der Waals surface area contributed by atoms with E-state index in [0.29, 0.717) is 12.1 Å². The van der Waals surface area contributed by atoms with E-state index in [9.17, 15) is 14.0 Å². The molecule has 2 rings (SSSR count). The monoisotopic (exact) mass is 250 g/mol. The molecule has 0 bridgehead atoms. The molecule has 96 valence electrons. The number of nitrogens with zero attached hydrogens (tertiary/aromatic N) is 1. The number of hydrogen-bond donors (Lipinski definition) is 1. The van der Waals surface area contributed by atoms with Crippen LogP contribution in [0.5, 0.6) is 0 Å². The summed E-state index contributed by atoms with van der Waals surface area (Å²) < 4.78 is 13.3. The fourth-order valence-corrected chi connectivity index (χ4v) is 2.17. The van der Waals surface area contributed by atoms with Gasteiger partial charge in [-0.25, -0.2) is 4.39 Å². The third-order valence-electron chi connectivity index (χ3n) is 3.11. The summed E-state index contributed by atoms with van der Waals surface area (Å²) in [6.07, 6.45) is 0.494. The summed E-state index contributed by atoms with van der Waals surface area (Å²) in [7, 11) is 0. The molecular formula is C13H15FN2O2. The minimum absolute atomic E-state index is 0.0364. The average molecular weight is 250 g/mol. The number of carbonyl (C=O) groups is 2. The maximum absolute atomic E-state index is 13.3. The van der Waals surface area contributed by atoms with E-state index in [2.05, 4.69) is 5.32 Å². The highest BCUT2D eigenvalue weighted by molar-refractivity contribution is 6.06. The molecule has 2 amide bonds. The van der Waals surface area contributed by atoms with Gasteiger partial charge in [-0.15, -0.1) is 0 Å². The highest BCUT2D eigenvalue weighted by Gasteiger charge is 2.34. The Hall–Kier alpha value is -1.91. The fraction of sp³-hybridized carbons (Fsp3) is 0.385. The lowest BCUT2D eigenvalue weighted by atomic mass is 10.1. The number of amides is 2. The van der Waals surface area contributed by atoms with Gasteiger partial charge < -0.3 is 5.32 Å². The molecular weight excluding hydrogens is 235 g/mol. The van der Waals surface area contributed by atoms with Crippen molar-refractivity contribution in [3.8, 4) is 0 Å². The maximum atomic E-state index is 13.3. The molecule has 1 N–H and O–H groups in total. The van der Waals surface area contributed by atoms with Gasteiger partial charge in [0.1, 0.15) is 11.9 Å². The number of carbonyl (C=O) groups excluding carboxylic acids is 2.